The molecule has 0 heterocycles. The maximum atomic E-state index is 10.7. The third-order valence-electron chi connectivity index (χ3n) is 2.47. The van der Waals surface area contributed by atoms with Crippen molar-refractivity contribution in [3.63, 3.8) is 0 Å². The third kappa shape index (κ3) is 12.4. The van der Waals surface area contributed by atoms with Crippen LogP contribution < -0.4 is 0 Å². The van der Waals surface area contributed by atoms with E-state index in [0.717, 1.165) is 0 Å². The van der Waals surface area contributed by atoms with Gasteiger partial charge in [-0.15, -0.1) is 24.7 Å². The van der Waals surface area contributed by atoms with Crippen molar-refractivity contribution >= 4 is 20.2 Å². The largest absolute Gasteiger partial charge is 0.373 e. The fourth-order valence-electron chi connectivity index (χ4n) is 1.53. The Morgan fingerprint density at radius 1 is 0.857 bits per heavy atom. The van der Waals surface area contributed by atoms with Crippen molar-refractivity contribution in [2.75, 3.05) is 11.5 Å². The van der Waals surface area contributed by atoms with Gasteiger partial charge < -0.3 is 4.74 Å². The first kappa shape index (κ1) is 19.9. The van der Waals surface area contributed by atoms with Crippen LogP contribution in [0.1, 0.15) is 25.7 Å². The molecule has 0 rings (SSSR count). The number of terminal acetylenes is 2. The summed E-state index contributed by atoms with van der Waals surface area (Å²) >= 11 is 0. The van der Waals surface area contributed by atoms with Gasteiger partial charge in [-0.25, -0.2) is 0 Å². The molecule has 0 radical (unpaired) electrons. The van der Waals surface area contributed by atoms with Crippen molar-refractivity contribution in [3.05, 3.63) is 0 Å². The molecule has 0 aromatic heterocycles. The molecule has 0 aliphatic heterocycles. The van der Waals surface area contributed by atoms with Gasteiger partial charge in [0.15, 0.2) is 0 Å². The molecule has 2 atom stereocenters. The van der Waals surface area contributed by atoms with Crippen LogP contribution in [-0.2, 0) is 25.0 Å². The van der Waals surface area contributed by atoms with Crippen LogP contribution in [0.5, 0.6) is 0 Å². The quantitative estimate of drug-likeness (QED) is 0.435. The average Bonchev–Trinajstić information content (AvgIpc) is 2.31. The predicted octanol–water partition coefficient (Wildman–Crippen LogP) is 0.343. The summed E-state index contributed by atoms with van der Waals surface area (Å²) in [4.78, 5) is 0. The maximum absolute atomic E-state index is 10.7. The number of rotatable bonds is 10. The van der Waals surface area contributed by atoms with Gasteiger partial charge in [0.1, 0.15) is 0 Å². The van der Waals surface area contributed by atoms with Crippen LogP contribution in [0, 0.1) is 24.7 Å². The SMILES string of the molecule is C#CC[C@H](CCS(=O)(=O)O)O[C@@H](CC#C)CCS(=O)(=O)O. The zero-order valence-corrected chi connectivity index (χ0v) is 12.9. The van der Waals surface area contributed by atoms with E-state index in [1.54, 1.807) is 0 Å². The first-order valence-corrected chi connectivity index (χ1v) is 9.22. The minimum Gasteiger partial charge on any atom is -0.373 e. The minimum atomic E-state index is -4.15. The molecule has 0 unspecified atom stereocenters. The summed E-state index contributed by atoms with van der Waals surface area (Å²) < 4.78 is 65.7. The van der Waals surface area contributed by atoms with Gasteiger partial charge in [0.2, 0.25) is 0 Å². The highest BCUT2D eigenvalue weighted by Crippen LogP contribution is 2.14. The second-order valence-corrected chi connectivity index (χ2v) is 7.49. The summed E-state index contributed by atoms with van der Waals surface area (Å²) in [5, 5.41) is 0. The first-order chi connectivity index (χ1) is 9.57. The van der Waals surface area contributed by atoms with Gasteiger partial charge in [0.05, 0.1) is 23.7 Å². The van der Waals surface area contributed by atoms with E-state index in [9.17, 15) is 16.8 Å². The van der Waals surface area contributed by atoms with E-state index in [1.165, 1.54) is 0 Å². The minimum absolute atomic E-state index is 0.0457. The number of hydrogen-bond donors (Lipinski definition) is 2. The maximum Gasteiger partial charge on any atom is 0.264 e. The Morgan fingerprint density at radius 2 is 1.19 bits per heavy atom. The topological polar surface area (TPSA) is 118 Å². The van der Waals surface area contributed by atoms with Crippen molar-refractivity contribution in [2.45, 2.75) is 37.9 Å². The molecule has 0 amide bonds. The molecule has 9 heteroatoms. The second kappa shape index (κ2) is 9.03. The molecule has 0 bridgehead atoms. The summed E-state index contributed by atoms with van der Waals surface area (Å²) in [6.07, 6.45) is 9.00. The normalized spacial score (nSPS) is 14.9. The Morgan fingerprint density at radius 3 is 1.43 bits per heavy atom. The lowest BCUT2D eigenvalue weighted by Gasteiger charge is -2.22. The molecule has 0 fully saturated rings. The summed E-state index contributed by atoms with van der Waals surface area (Å²) in [6, 6.07) is 0. The highest BCUT2D eigenvalue weighted by Gasteiger charge is 2.20. The molecule has 0 aliphatic carbocycles. The van der Waals surface area contributed by atoms with E-state index in [-0.39, 0.29) is 25.7 Å². The fourth-order valence-corrected chi connectivity index (χ4v) is 2.65. The summed E-state index contributed by atoms with van der Waals surface area (Å²) in [5.41, 5.74) is 0. The molecule has 0 saturated carbocycles. The summed E-state index contributed by atoms with van der Waals surface area (Å²) in [7, 11) is -8.29. The Bertz CT molecular complexity index is 538. The van der Waals surface area contributed by atoms with E-state index in [2.05, 4.69) is 11.8 Å². The zero-order chi connectivity index (χ0) is 16.5. The van der Waals surface area contributed by atoms with Gasteiger partial charge >= 0.3 is 0 Å². The van der Waals surface area contributed by atoms with E-state index in [4.69, 9.17) is 26.7 Å². The van der Waals surface area contributed by atoms with E-state index >= 15 is 0 Å². The van der Waals surface area contributed by atoms with Gasteiger partial charge in [0, 0.05) is 12.8 Å². The van der Waals surface area contributed by atoms with Crippen LogP contribution in [-0.4, -0.2) is 49.7 Å². The molecule has 0 aliphatic rings. The molecule has 120 valence electrons. The zero-order valence-electron chi connectivity index (χ0n) is 11.3. The highest BCUT2D eigenvalue weighted by atomic mass is 32.2. The fraction of sp³-hybridized carbons (Fsp3) is 0.667. The Hall–Kier alpha value is -1.10. The second-order valence-electron chi connectivity index (χ2n) is 4.35. The van der Waals surface area contributed by atoms with Crippen LogP contribution >= 0.6 is 0 Å². The van der Waals surface area contributed by atoms with Crippen LogP contribution in [0.2, 0.25) is 0 Å². The molecule has 0 spiro atoms. The molecular formula is C12H18O7S2. The van der Waals surface area contributed by atoms with E-state index in [1.807, 2.05) is 0 Å². The first-order valence-electron chi connectivity index (χ1n) is 6.00. The van der Waals surface area contributed by atoms with Crippen molar-refractivity contribution in [1.82, 2.24) is 0 Å². The molecule has 21 heavy (non-hydrogen) atoms. The van der Waals surface area contributed by atoms with Gasteiger partial charge in [0.25, 0.3) is 20.2 Å². The highest BCUT2D eigenvalue weighted by molar-refractivity contribution is 7.86. The third-order valence-corrected chi connectivity index (χ3v) is 3.97. The predicted molar refractivity (Wildman–Crippen MR) is 77.6 cm³/mol. The van der Waals surface area contributed by atoms with Crippen molar-refractivity contribution < 1.29 is 30.7 Å². The number of hydrogen-bond acceptors (Lipinski definition) is 5. The Balaban J connectivity index is 4.66. The van der Waals surface area contributed by atoms with Gasteiger partial charge in [-0.2, -0.15) is 16.8 Å². The van der Waals surface area contributed by atoms with Crippen LogP contribution in [0.25, 0.3) is 0 Å². The molecule has 2 N–H and O–H groups in total. The smallest absolute Gasteiger partial charge is 0.264 e. The van der Waals surface area contributed by atoms with Crippen molar-refractivity contribution in [3.8, 4) is 24.7 Å². The lowest BCUT2D eigenvalue weighted by atomic mass is 10.1. The molecule has 0 aromatic carbocycles. The molecule has 0 saturated heterocycles. The Kier molecular flexibility index (Phi) is 8.55. The van der Waals surface area contributed by atoms with Crippen LogP contribution in [0.3, 0.4) is 0 Å². The number of ether oxygens (including phenoxy) is 1. The lowest BCUT2D eigenvalue weighted by Crippen LogP contribution is -2.26. The molecular weight excluding hydrogens is 320 g/mol. The summed E-state index contributed by atoms with van der Waals surface area (Å²) in [5.74, 6) is 3.55. The summed E-state index contributed by atoms with van der Waals surface area (Å²) in [6.45, 7) is 0. The van der Waals surface area contributed by atoms with E-state index < -0.39 is 43.9 Å². The van der Waals surface area contributed by atoms with Crippen LogP contribution in [0.15, 0.2) is 0 Å². The molecule has 7 nitrogen and oxygen atoms in total. The molecule has 0 aromatic rings. The van der Waals surface area contributed by atoms with Crippen LogP contribution in [0.4, 0.5) is 0 Å². The van der Waals surface area contributed by atoms with Gasteiger partial charge in [-0.3, -0.25) is 9.11 Å². The Labute approximate surface area is 125 Å². The monoisotopic (exact) mass is 338 g/mol. The van der Waals surface area contributed by atoms with E-state index in [0.29, 0.717) is 0 Å². The lowest BCUT2D eigenvalue weighted by molar-refractivity contribution is -0.00933. The van der Waals surface area contributed by atoms with Crippen molar-refractivity contribution in [1.29, 1.82) is 0 Å². The van der Waals surface area contributed by atoms with Gasteiger partial charge in [-0.1, -0.05) is 0 Å². The standard InChI is InChI=1S/C12H18O7S2/c1-3-5-11(7-9-20(13,14)15)19-12(6-4-2)8-10-21(16,17)18/h1-2,11-12H,5-10H2,(H,13,14,15)(H,16,17,18)/t11-,12+. The van der Waals surface area contributed by atoms with Crippen molar-refractivity contribution in [2.24, 2.45) is 0 Å². The van der Waals surface area contributed by atoms with Gasteiger partial charge in [-0.05, 0) is 12.8 Å². The average molecular weight is 338 g/mol.